The summed E-state index contributed by atoms with van der Waals surface area (Å²) in [5, 5.41) is 14.8. The molecule has 1 atom stereocenters. The zero-order valence-corrected chi connectivity index (χ0v) is 21.4. The number of nitrogens with one attached hydrogen (secondary N) is 2. The summed E-state index contributed by atoms with van der Waals surface area (Å²) in [7, 11) is 1.49. The lowest BCUT2D eigenvalue weighted by Crippen LogP contribution is -2.31. The number of hydrogen-bond donors (Lipinski definition) is 3. The van der Waals surface area contributed by atoms with E-state index in [1.54, 1.807) is 29.3 Å². The summed E-state index contributed by atoms with van der Waals surface area (Å²) in [6.07, 6.45) is 9.17. The van der Waals surface area contributed by atoms with E-state index < -0.39 is 12.0 Å². The molecule has 0 saturated carbocycles. The fourth-order valence-corrected chi connectivity index (χ4v) is 3.84. The molecule has 2 aromatic carbocycles. The number of urea groups is 1. The van der Waals surface area contributed by atoms with Gasteiger partial charge in [-0.1, -0.05) is 30.4 Å². The van der Waals surface area contributed by atoms with Gasteiger partial charge in [0.1, 0.15) is 5.75 Å². The minimum atomic E-state index is -0.883. The van der Waals surface area contributed by atoms with Crippen molar-refractivity contribution in [2.75, 3.05) is 29.2 Å². The van der Waals surface area contributed by atoms with Gasteiger partial charge in [-0.3, -0.25) is 9.59 Å². The third-order valence-electron chi connectivity index (χ3n) is 5.83. The van der Waals surface area contributed by atoms with E-state index >= 15 is 0 Å². The number of amides is 3. The first-order valence-electron chi connectivity index (χ1n) is 11.8. The van der Waals surface area contributed by atoms with Crippen molar-refractivity contribution in [2.45, 2.75) is 33.2 Å². The molecule has 3 N–H and O–H groups in total. The highest BCUT2D eigenvalue weighted by Crippen LogP contribution is 2.31. The lowest BCUT2D eigenvalue weighted by molar-refractivity contribution is -0.137. The molecule has 3 rings (SSSR count). The SMILES string of the molecule is COc1cc(N(CC2=CN(C(C)CC(=O)O)C=CC=C2)C(C)=O)ccc1NC(=O)Nc1ccccc1C. The number of benzene rings is 2. The Kier molecular flexibility index (Phi) is 9.10. The maximum absolute atomic E-state index is 12.6. The summed E-state index contributed by atoms with van der Waals surface area (Å²) in [4.78, 5) is 39.7. The Morgan fingerprint density at radius 1 is 1.08 bits per heavy atom. The second-order valence-corrected chi connectivity index (χ2v) is 8.68. The van der Waals surface area contributed by atoms with E-state index in [2.05, 4.69) is 10.6 Å². The fraction of sp³-hybridized carbons (Fsp3) is 0.250. The Labute approximate surface area is 216 Å². The van der Waals surface area contributed by atoms with Crippen molar-refractivity contribution < 1.29 is 24.2 Å². The number of methoxy groups -OCH3 is 1. The molecule has 0 aromatic heterocycles. The number of carbonyl (C=O) groups is 3. The highest BCUT2D eigenvalue weighted by Gasteiger charge is 2.19. The van der Waals surface area contributed by atoms with Crippen LogP contribution in [0.5, 0.6) is 5.75 Å². The minimum Gasteiger partial charge on any atom is -0.494 e. The topological polar surface area (TPSA) is 111 Å². The van der Waals surface area contributed by atoms with Crippen molar-refractivity contribution in [1.29, 1.82) is 0 Å². The van der Waals surface area contributed by atoms with Crippen LogP contribution >= 0.6 is 0 Å². The second-order valence-electron chi connectivity index (χ2n) is 8.68. The van der Waals surface area contributed by atoms with Crippen molar-refractivity contribution in [3.63, 3.8) is 0 Å². The maximum atomic E-state index is 12.6. The molecule has 1 heterocycles. The number of carbonyl (C=O) groups excluding carboxylic acids is 2. The lowest BCUT2D eigenvalue weighted by atomic mass is 10.1. The molecular weight excluding hydrogens is 472 g/mol. The Morgan fingerprint density at radius 2 is 1.81 bits per heavy atom. The van der Waals surface area contributed by atoms with Crippen LogP contribution in [0.25, 0.3) is 0 Å². The van der Waals surface area contributed by atoms with E-state index in [-0.39, 0.29) is 24.9 Å². The Hall–Kier alpha value is -4.53. The van der Waals surface area contributed by atoms with Crippen LogP contribution in [0.2, 0.25) is 0 Å². The van der Waals surface area contributed by atoms with Gasteiger partial charge in [-0.05, 0) is 49.3 Å². The van der Waals surface area contributed by atoms with Gasteiger partial charge in [0.2, 0.25) is 5.91 Å². The number of nitrogens with zero attached hydrogens (tertiary/aromatic N) is 2. The number of carboxylic acid groups (broad SMARTS) is 1. The first kappa shape index (κ1) is 27.1. The van der Waals surface area contributed by atoms with Crippen LogP contribution in [0.4, 0.5) is 21.9 Å². The number of aryl methyl sites for hydroxylation is 1. The van der Waals surface area contributed by atoms with Crippen molar-refractivity contribution in [3.05, 3.63) is 84.2 Å². The smallest absolute Gasteiger partial charge is 0.323 e. The minimum absolute atomic E-state index is 0.0202. The van der Waals surface area contributed by atoms with Crippen LogP contribution in [-0.4, -0.2) is 47.6 Å². The van der Waals surface area contributed by atoms with Gasteiger partial charge in [0.05, 0.1) is 25.8 Å². The second kappa shape index (κ2) is 12.4. The first-order chi connectivity index (χ1) is 17.7. The summed E-state index contributed by atoms with van der Waals surface area (Å²) in [6, 6.07) is 11.9. The summed E-state index contributed by atoms with van der Waals surface area (Å²) < 4.78 is 5.50. The van der Waals surface area contributed by atoms with Crippen LogP contribution in [0.15, 0.2) is 78.7 Å². The molecular formula is C28H32N4O5. The van der Waals surface area contributed by atoms with Gasteiger partial charge in [-0.25, -0.2) is 4.79 Å². The zero-order chi connectivity index (χ0) is 26.9. The summed E-state index contributed by atoms with van der Waals surface area (Å²) in [6.45, 7) is 5.46. The van der Waals surface area contributed by atoms with Crippen molar-refractivity contribution in [2.24, 2.45) is 0 Å². The zero-order valence-electron chi connectivity index (χ0n) is 21.4. The standard InChI is InChI=1S/C28H32N4O5/c1-19-9-5-6-11-24(19)29-28(36)30-25-13-12-23(16-26(25)37-4)32(21(3)33)18-22-10-7-8-14-31(17-22)20(2)15-27(34)35/h5-14,16-17,20H,15,18H2,1-4H3,(H,34,35)(H2,29,30,36). The number of carboxylic acids is 1. The van der Waals surface area contributed by atoms with E-state index in [1.165, 1.54) is 14.0 Å². The first-order valence-corrected chi connectivity index (χ1v) is 11.8. The molecule has 37 heavy (non-hydrogen) atoms. The number of anilines is 3. The van der Waals surface area contributed by atoms with Crippen LogP contribution in [0.3, 0.4) is 0 Å². The average molecular weight is 505 g/mol. The highest BCUT2D eigenvalue weighted by molar-refractivity contribution is 6.01. The van der Waals surface area contributed by atoms with Crippen molar-refractivity contribution in [3.8, 4) is 5.75 Å². The quantitative estimate of drug-likeness (QED) is 0.436. The molecule has 1 aliphatic heterocycles. The molecule has 0 fully saturated rings. The predicted molar refractivity (Wildman–Crippen MR) is 145 cm³/mol. The number of para-hydroxylation sites is 1. The van der Waals surface area contributed by atoms with Gasteiger partial charge < -0.3 is 30.3 Å². The van der Waals surface area contributed by atoms with Crippen LogP contribution in [0.1, 0.15) is 25.8 Å². The number of allylic oxidation sites excluding steroid dienone is 2. The molecule has 194 valence electrons. The van der Waals surface area contributed by atoms with Crippen LogP contribution in [-0.2, 0) is 9.59 Å². The summed E-state index contributed by atoms with van der Waals surface area (Å²) in [5.74, 6) is -0.670. The molecule has 0 radical (unpaired) electrons. The van der Waals surface area contributed by atoms with Gasteiger partial charge in [-0.2, -0.15) is 0 Å². The van der Waals surface area contributed by atoms with Crippen LogP contribution in [0, 0.1) is 6.92 Å². The van der Waals surface area contributed by atoms with Gasteiger partial charge in [-0.15, -0.1) is 0 Å². The molecule has 1 aliphatic rings. The number of aliphatic carboxylic acids is 1. The number of rotatable bonds is 9. The van der Waals surface area contributed by atoms with Crippen molar-refractivity contribution >= 4 is 35.0 Å². The molecule has 0 spiro atoms. The Bertz CT molecular complexity index is 1250. The van der Waals surface area contributed by atoms with E-state index in [0.29, 0.717) is 22.8 Å². The predicted octanol–water partition coefficient (Wildman–Crippen LogP) is 5.13. The molecule has 3 amide bonds. The molecule has 0 saturated heterocycles. The van der Waals surface area contributed by atoms with Gasteiger partial charge >= 0.3 is 12.0 Å². The summed E-state index contributed by atoms with van der Waals surface area (Å²) >= 11 is 0. The highest BCUT2D eigenvalue weighted by atomic mass is 16.5. The molecule has 1 unspecified atom stereocenters. The largest absolute Gasteiger partial charge is 0.494 e. The summed E-state index contributed by atoms with van der Waals surface area (Å²) in [5.41, 5.74) is 3.49. The van der Waals surface area contributed by atoms with Gasteiger partial charge in [0.25, 0.3) is 0 Å². The molecule has 2 aromatic rings. The molecule has 9 heteroatoms. The fourth-order valence-electron chi connectivity index (χ4n) is 3.84. The number of hydrogen-bond acceptors (Lipinski definition) is 5. The molecule has 0 bridgehead atoms. The number of ether oxygens (including phenoxy) is 1. The van der Waals surface area contributed by atoms with Gasteiger partial charge in [0, 0.05) is 42.8 Å². The maximum Gasteiger partial charge on any atom is 0.323 e. The monoisotopic (exact) mass is 504 g/mol. The molecule has 0 aliphatic carbocycles. The molecule has 9 nitrogen and oxygen atoms in total. The van der Waals surface area contributed by atoms with Gasteiger partial charge in [0.15, 0.2) is 0 Å². The average Bonchev–Trinajstić information content (AvgIpc) is 3.09. The van der Waals surface area contributed by atoms with Crippen LogP contribution < -0.4 is 20.3 Å². The normalized spacial score (nSPS) is 13.3. The van der Waals surface area contributed by atoms with Crippen molar-refractivity contribution in [1.82, 2.24) is 4.90 Å². The Balaban J connectivity index is 1.79. The van der Waals surface area contributed by atoms with E-state index in [1.807, 2.05) is 67.4 Å². The third kappa shape index (κ3) is 7.47. The Morgan fingerprint density at radius 3 is 2.49 bits per heavy atom. The van der Waals surface area contributed by atoms with E-state index in [4.69, 9.17) is 9.84 Å². The van der Waals surface area contributed by atoms with E-state index in [9.17, 15) is 14.4 Å². The third-order valence-corrected chi connectivity index (χ3v) is 5.83. The van der Waals surface area contributed by atoms with E-state index in [0.717, 1.165) is 11.1 Å². The lowest BCUT2D eigenvalue weighted by Gasteiger charge is -2.26.